The van der Waals surface area contributed by atoms with Crippen LogP contribution in [-0.4, -0.2) is 31.6 Å². The minimum absolute atomic E-state index is 0.701. The normalized spacial score (nSPS) is 19.7. The molecule has 0 aromatic rings. The molecule has 1 aliphatic carbocycles. The van der Waals surface area contributed by atoms with Crippen molar-refractivity contribution in [2.45, 2.75) is 39.0 Å². The molecule has 0 aromatic heterocycles. The van der Waals surface area contributed by atoms with Crippen molar-refractivity contribution in [3.05, 3.63) is 0 Å². The number of hydrogen-bond acceptors (Lipinski definition) is 2. The maximum atomic E-state index is 5.59. The zero-order valence-corrected chi connectivity index (χ0v) is 9.84. The van der Waals surface area contributed by atoms with Crippen molar-refractivity contribution in [3.63, 3.8) is 0 Å². The van der Waals surface area contributed by atoms with E-state index < -0.39 is 0 Å². The Balaban J connectivity index is 1.94. The number of rotatable bonds is 7. The van der Waals surface area contributed by atoms with E-state index in [4.69, 9.17) is 5.73 Å². The molecule has 2 nitrogen and oxygen atoms in total. The van der Waals surface area contributed by atoms with Gasteiger partial charge in [-0.3, -0.25) is 0 Å². The largest absolute Gasteiger partial charge is 0.330 e. The van der Waals surface area contributed by atoms with Crippen LogP contribution in [0.4, 0.5) is 0 Å². The Hall–Kier alpha value is -0.0800. The molecule has 1 rings (SSSR count). The third-order valence-corrected chi connectivity index (χ3v) is 3.43. The van der Waals surface area contributed by atoms with Crippen LogP contribution in [0, 0.1) is 11.8 Å². The van der Waals surface area contributed by atoms with Gasteiger partial charge >= 0.3 is 0 Å². The van der Waals surface area contributed by atoms with Crippen molar-refractivity contribution < 1.29 is 0 Å². The summed E-state index contributed by atoms with van der Waals surface area (Å²) >= 11 is 0. The highest BCUT2D eigenvalue weighted by molar-refractivity contribution is 4.72. The molecule has 0 aromatic carbocycles. The first-order chi connectivity index (χ1) is 6.72. The van der Waals surface area contributed by atoms with E-state index in [9.17, 15) is 0 Å². The maximum Gasteiger partial charge on any atom is 0.000661 e. The van der Waals surface area contributed by atoms with E-state index in [2.05, 4.69) is 18.9 Å². The zero-order chi connectivity index (χ0) is 10.4. The second kappa shape index (κ2) is 6.41. The fourth-order valence-electron chi connectivity index (χ4n) is 2.03. The number of nitrogens with two attached hydrogens (primary N) is 1. The Morgan fingerprint density at radius 1 is 1.43 bits per heavy atom. The highest BCUT2D eigenvalue weighted by Gasteiger charge is 2.18. The summed E-state index contributed by atoms with van der Waals surface area (Å²) in [4.78, 5) is 2.49. The number of hydrogen-bond donors (Lipinski definition) is 1. The van der Waals surface area contributed by atoms with Gasteiger partial charge in [0.15, 0.2) is 0 Å². The van der Waals surface area contributed by atoms with Gasteiger partial charge in [0, 0.05) is 6.54 Å². The van der Waals surface area contributed by atoms with Gasteiger partial charge in [-0.2, -0.15) is 0 Å². The van der Waals surface area contributed by atoms with Crippen LogP contribution in [0.5, 0.6) is 0 Å². The molecule has 0 radical (unpaired) electrons. The van der Waals surface area contributed by atoms with E-state index in [1.54, 1.807) is 0 Å². The predicted molar refractivity (Wildman–Crippen MR) is 62.3 cm³/mol. The van der Waals surface area contributed by atoms with Crippen LogP contribution in [0.1, 0.15) is 39.0 Å². The highest BCUT2D eigenvalue weighted by Crippen LogP contribution is 2.26. The van der Waals surface area contributed by atoms with Gasteiger partial charge in [0.2, 0.25) is 0 Å². The molecule has 1 unspecified atom stereocenters. The van der Waals surface area contributed by atoms with Crippen LogP contribution in [-0.2, 0) is 0 Å². The summed E-state index contributed by atoms with van der Waals surface area (Å²) in [5.74, 6) is 1.71. The zero-order valence-electron chi connectivity index (χ0n) is 9.84. The van der Waals surface area contributed by atoms with E-state index in [1.807, 2.05) is 0 Å². The molecular weight excluding hydrogens is 172 g/mol. The summed E-state index contributed by atoms with van der Waals surface area (Å²) < 4.78 is 0. The lowest BCUT2D eigenvalue weighted by Gasteiger charge is -2.30. The second-order valence-electron chi connectivity index (χ2n) is 5.04. The molecule has 0 spiro atoms. The van der Waals surface area contributed by atoms with Crippen LogP contribution >= 0.6 is 0 Å². The summed E-state index contributed by atoms with van der Waals surface area (Å²) in [6.07, 6.45) is 6.98. The molecule has 0 bridgehead atoms. The molecule has 0 aliphatic heterocycles. The van der Waals surface area contributed by atoms with E-state index in [0.717, 1.165) is 12.5 Å². The molecule has 1 saturated carbocycles. The van der Waals surface area contributed by atoms with E-state index >= 15 is 0 Å². The lowest BCUT2D eigenvalue weighted by atomic mass is 9.85. The first kappa shape index (κ1) is 12.0. The van der Waals surface area contributed by atoms with Crippen LogP contribution in [0.2, 0.25) is 0 Å². The first-order valence-corrected chi connectivity index (χ1v) is 6.11. The van der Waals surface area contributed by atoms with Gasteiger partial charge < -0.3 is 10.6 Å². The van der Waals surface area contributed by atoms with Gasteiger partial charge in [-0.25, -0.2) is 0 Å². The van der Waals surface area contributed by atoms with Gasteiger partial charge in [-0.15, -0.1) is 0 Å². The van der Waals surface area contributed by atoms with Gasteiger partial charge in [0.1, 0.15) is 0 Å². The Morgan fingerprint density at radius 2 is 2.14 bits per heavy atom. The lowest BCUT2D eigenvalue weighted by Crippen LogP contribution is -2.30. The molecule has 2 heteroatoms. The summed E-state index contributed by atoms with van der Waals surface area (Å²) in [6.45, 7) is 5.65. The van der Waals surface area contributed by atoms with E-state index in [1.165, 1.54) is 45.2 Å². The monoisotopic (exact) mass is 198 g/mol. The summed E-state index contributed by atoms with van der Waals surface area (Å²) in [5.41, 5.74) is 5.59. The molecular formula is C12H26N2. The minimum atomic E-state index is 0.701. The van der Waals surface area contributed by atoms with Gasteiger partial charge in [-0.1, -0.05) is 13.3 Å². The molecule has 14 heavy (non-hydrogen) atoms. The van der Waals surface area contributed by atoms with Gasteiger partial charge in [0.25, 0.3) is 0 Å². The van der Waals surface area contributed by atoms with Crippen molar-refractivity contribution in [2.24, 2.45) is 17.6 Å². The van der Waals surface area contributed by atoms with Crippen LogP contribution in [0.3, 0.4) is 0 Å². The summed E-state index contributed by atoms with van der Waals surface area (Å²) in [7, 11) is 2.26. The van der Waals surface area contributed by atoms with Crippen molar-refractivity contribution in [1.82, 2.24) is 4.90 Å². The summed E-state index contributed by atoms with van der Waals surface area (Å²) in [5, 5.41) is 0. The van der Waals surface area contributed by atoms with Crippen molar-refractivity contribution in [3.8, 4) is 0 Å². The standard InChI is InChI=1S/C12H26N2/c1-11(9-13)5-4-8-14(2)10-12-6-3-7-12/h11-12H,3-10,13H2,1-2H3. The predicted octanol–water partition coefficient (Wildman–Crippen LogP) is 2.09. The van der Waals surface area contributed by atoms with Gasteiger partial charge in [0.05, 0.1) is 0 Å². The molecule has 1 atom stereocenters. The molecule has 1 fully saturated rings. The van der Waals surface area contributed by atoms with Crippen molar-refractivity contribution in [1.29, 1.82) is 0 Å². The second-order valence-corrected chi connectivity index (χ2v) is 5.04. The molecule has 84 valence electrons. The third kappa shape index (κ3) is 4.43. The maximum absolute atomic E-state index is 5.59. The smallest absolute Gasteiger partial charge is 0.000661 e. The quantitative estimate of drug-likeness (QED) is 0.679. The number of nitrogens with zero attached hydrogens (tertiary/aromatic N) is 1. The Kier molecular flexibility index (Phi) is 5.49. The third-order valence-electron chi connectivity index (χ3n) is 3.43. The Labute approximate surface area is 88.8 Å². The SMILES string of the molecule is CC(CN)CCCN(C)CC1CCC1. The van der Waals surface area contributed by atoms with Gasteiger partial charge in [-0.05, 0) is 57.7 Å². The van der Waals surface area contributed by atoms with Crippen molar-refractivity contribution >= 4 is 0 Å². The summed E-state index contributed by atoms with van der Waals surface area (Å²) in [6, 6.07) is 0. The highest BCUT2D eigenvalue weighted by atomic mass is 15.1. The van der Waals surface area contributed by atoms with E-state index in [0.29, 0.717) is 5.92 Å². The van der Waals surface area contributed by atoms with Crippen LogP contribution in [0.25, 0.3) is 0 Å². The lowest BCUT2D eigenvalue weighted by molar-refractivity contribution is 0.201. The fraction of sp³-hybridized carbons (Fsp3) is 1.00. The molecule has 0 amide bonds. The average Bonchev–Trinajstić information content (AvgIpc) is 2.11. The fourth-order valence-corrected chi connectivity index (χ4v) is 2.03. The Morgan fingerprint density at radius 3 is 2.64 bits per heavy atom. The topological polar surface area (TPSA) is 29.3 Å². The molecule has 2 N–H and O–H groups in total. The molecule has 0 saturated heterocycles. The average molecular weight is 198 g/mol. The minimum Gasteiger partial charge on any atom is -0.330 e. The molecule has 0 heterocycles. The first-order valence-electron chi connectivity index (χ1n) is 6.11. The molecule has 1 aliphatic rings. The van der Waals surface area contributed by atoms with Crippen LogP contribution < -0.4 is 5.73 Å². The van der Waals surface area contributed by atoms with Crippen molar-refractivity contribution in [2.75, 3.05) is 26.7 Å². The van der Waals surface area contributed by atoms with Crippen LogP contribution in [0.15, 0.2) is 0 Å². The van der Waals surface area contributed by atoms with E-state index in [-0.39, 0.29) is 0 Å². The Bertz CT molecular complexity index is 143.